The van der Waals surface area contributed by atoms with E-state index in [0.29, 0.717) is 16.1 Å². The normalized spacial score (nSPS) is 19.8. The minimum Gasteiger partial charge on any atom is -0.358 e. The second-order valence-corrected chi connectivity index (χ2v) is 8.70. The lowest BCUT2D eigenvalue weighted by molar-refractivity contribution is -0.0306. The van der Waals surface area contributed by atoms with Crippen LogP contribution in [0.2, 0.25) is 5.02 Å². The molecule has 0 saturated carbocycles. The molecule has 0 N–H and O–H groups in total. The van der Waals surface area contributed by atoms with Crippen LogP contribution >= 0.6 is 11.6 Å². The maximum absolute atomic E-state index is 13.2. The average molecular weight is 437 g/mol. The smallest absolute Gasteiger partial charge is 0.262 e. The molecule has 2 atom stereocenters. The monoisotopic (exact) mass is 436 g/mol. The van der Waals surface area contributed by atoms with Crippen LogP contribution in [-0.4, -0.2) is 27.9 Å². The Labute approximate surface area is 186 Å². The van der Waals surface area contributed by atoms with E-state index in [0.717, 1.165) is 54.5 Å². The van der Waals surface area contributed by atoms with E-state index in [1.807, 2.05) is 25.1 Å². The van der Waals surface area contributed by atoms with Crippen molar-refractivity contribution >= 4 is 34.3 Å². The van der Waals surface area contributed by atoms with Gasteiger partial charge in [-0.2, -0.15) is 0 Å². The van der Waals surface area contributed by atoms with Gasteiger partial charge in [-0.3, -0.25) is 14.5 Å². The molecule has 160 valence electrons. The summed E-state index contributed by atoms with van der Waals surface area (Å²) in [4.78, 5) is 27.8. The third-order valence-electron chi connectivity index (χ3n) is 6.52. The Morgan fingerprint density at radius 3 is 2.42 bits per heavy atom. The zero-order valence-electron chi connectivity index (χ0n) is 17.7. The summed E-state index contributed by atoms with van der Waals surface area (Å²) in [6.45, 7) is 4.78. The Kier molecular flexibility index (Phi) is 5.11. The number of carbonyl (C=O) groups is 2. The van der Waals surface area contributed by atoms with Gasteiger partial charge in [0.1, 0.15) is 6.23 Å². The highest BCUT2D eigenvalue weighted by molar-refractivity contribution is 6.31. The summed E-state index contributed by atoms with van der Waals surface area (Å²) in [5.41, 5.74) is 4.04. The molecule has 0 spiro atoms. The molecule has 6 heteroatoms. The summed E-state index contributed by atoms with van der Waals surface area (Å²) in [6.07, 6.45) is 3.84. The molecule has 2 aliphatic rings. The molecule has 2 aliphatic heterocycles. The first-order valence-corrected chi connectivity index (χ1v) is 11.3. The molecule has 31 heavy (non-hydrogen) atoms. The van der Waals surface area contributed by atoms with Gasteiger partial charge in [-0.15, -0.1) is 0 Å². The SMILES string of the molecule is CCc1c(C(C)N2C(=O)c3ccccc3C2=O)c2cc(Cl)ccc2n1C1CCCCO1. The number of amides is 2. The highest BCUT2D eigenvalue weighted by atomic mass is 35.5. The highest BCUT2D eigenvalue weighted by Gasteiger charge is 2.40. The van der Waals surface area contributed by atoms with Crippen LogP contribution in [-0.2, 0) is 11.2 Å². The average Bonchev–Trinajstić information content (AvgIpc) is 3.25. The number of aromatic nitrogens is 1. The van der Waals surface area contributed by atoms with Gasteiger partial charge in [-0.05, 0) is 62.9 Å². The van der Waals surface area contributed by atoms with Crippen LogP contribution in [0.3, 0.4) is 0 Å². The lowest BCUT2D eigenvalue weighted by Crippen LogP contribution is -2.33. The number of nitrogens with zero attached hydrogens (tertiary/aromatic N) is 2. The van der Waals surface area contributed by atoms with E-state index in [1.54, 1.807) is 24.3 Å². The number of hydrogen-bond acceptors (Lipinski definition) is 3. The van der Waals surface area contributed by atoms with Crippen LogP contribution in [0.5, 0.6) is 0 Å². The van der Waals surface area contributed by atoms with Gasteiger partial charge in [-0.1, -0.05) is 30.7 Å². The van der Waals surface area contributed by atoms with E-state index in [-0.39, 0.29) is 18.0 Å². The number of fused-ring (bicyclic) bond motifs is 2. The quantitative estimate of drug-likeness (QED) is 0.477. The lowest BCUT2D eigenvalue weighted by atomic mass is 10.0. The molecule has 5 nitrogen and oxygen atoms in total. The standard InChI is InChI=1S/C25H25ClN2O3/c1-3-20-23(15(2)27-24(29)17-8-4-5-9-18(17)25(27)30)19-14-16(26)11-12-21(19)28(20)22-10-6-7-13-31-22/h4-5,8-9,11-12,14-15,22H,3,6-7,10,13H2,1-2H3. The molecule has 1 saturated heterocycles. The molecule has 3 aromatic rings. The van der Waals surface area contributed by atoms with E-state index in [4.69, 9.17) is 16.3 Å². The van der Waals surface area contributed by atoms with Crippen molar-refractivity contribution < 1.29 is 14.3 Å². The zero-order valence-corrected chi connectivity index (χ0v) is 18.5. The number of ether oxygens (including phenoxy) is 1. The van der Waals surface area contributed by atoms with Crippen molar-refractivity contribution in [2.75, 3.05) is 6.61 Å². The number of carbonyl (C=O) groups excluding carboxylic acids is 2. The van der Waals surface area contributed by atoms with Crippen molar-refractivity contribution in [1.29, 1.82) is 0 Å². The Balaban J connectivity index is 1.69. The van der Waals surface area contributed by atoms with Gasteiger partial charge >= 0.3 is 0 Å². The molecule has 0 aliphatic carbocycles. The van der Waals surface area contributed by atoms with Gasteiger partial charge in [-0.25, -0.2) is 0 Å². The van der Waals surface area contributed by atoms with Crippen LogP contribution < -0.4 is 0 Å². The molecule has 2 amide bonds. The van der Waals surface area contributed by atoms with Crippen molar-refractivity contribution in [2.24, 2.45) is 0 Å². The highest BCUT2D eigenvalue weighted by Crippen LogP contribution is 2.41. The van der Waals surface area contributed by atoms with Gasteiger partial charge in [0, 0.05) is 28.3 Å². The second kappa shape index (κ2) is 7.81. The largest absolute Gasteiger partial charge is 0.358 e. The fourth-order valence-corrected chi connectivity index (χ4v) is 5.31. The third kappa shape index (κ3) is 3.10. The summed E-state index contributed by atoms with van der Waals surface area (Å²) < 4.78 is 8.40. The summed E-state index contributed by atoms with van der Waals surface area (Å²) in [7, 11) is 0. The van der Waals surface area contributed by atoms with Crippen LogP contribution in [0, 0.1) is 0 Å². The molecule has 0 radical (unpaired) electrons. The van der Waals surface area contributed by atoms with Crippen LogP contribution in [0.1, 0.15) is 77.4 Å². The molecule has 2 aromatic carbocycles. The first-order valence-electron chi connectivity index (χ1n) is 10.9. The Morgan fingerprint density at radius 1 is 1.10 bits per heavy atom. The first kappa shape index (κ1) is 20.3. The summed E-state index contributed by atoms with van der Waals surface area (Å²) in [5.74, 6) is -0.487. The number of benzene rings is 2. The second-order valence-electron chi connectivity index (χ2n) is 8.27. The molecule has 5 rings (SSSR count). The van der Waals surface area contributed by atoms with Crippen LogP contribution in [0.25, 0.3) is 10.9 Å². The molecule has 0 bridgehead atoms. The number of rotatable bonds is 4. The summed E-state index contributed by atoms with van der Waals surface area (Å²) in [6, 6.07) is 12.5. The van der Waals surface area contributed by atoms with Gasteiger partial charge in [0.2, 0.25) is 0 Å². The number of hydrogen-bond donors (Lipinski definition) is 0. The molecule has 1 fully saturated rings. The predicted octanol–water partition coefficient (Wildman–Crippen LogP) is 5.91. The van der Waals surface area contributed by atoms with E-state index in [9.17, 15) is 9.59 Å². The van der Waals surface area contributed by atoms with E-state index in [2.05, 4.69) is 11.5 Å². The van der Waals surface area contributed by atoms with Gasteiger partial charge in [0.15, 0.2) is 0 Å². The molecular formula is C25H25ClN2O3. The van der Waals surface area contributed by atoms with Crippen molar-refractivity contribution in [3.8, 4) is 0 Å². The van der Waals surface area contributed by atoms with Crippen molar-refractivity contribution in [3.63, 3.8) is 0 Å². The molecular weight excluding hydrogens is 412 g/mol. The molecule has 3 heterocycles. The van der Waals surface area contributed by atoms with Crippen molar-refractivity contribution in [3.05, 3.63) is 69.9 Å². The Hall–Kier alpha value is -2.63. The first-order chi connectivity index (χ1) is 15.0. The zero-order chi connectivity index (χ0) is 21.7. The minimum absolute atomic E-state index is 0.0458. The summed E-state index contributed by atoms with van der Waals surface area (Å²) in [5, 5.41) is 1.61. The lowest BCUT2D eigenvalue weighted by Gasteiger charge is -2.28. The molecule has 2 unspecified atom stereocenters. The number of halogens is 1. The predicted molar refractivity (Wildman–Crippen MR) is 121 cm³/mol. The van der Waals surface area contributed by atoms with E-state index in [1.165, 1.54) is 4.90 Å². The van der Waals surface area contributed by atoms with E-state index < -0.39 is 6.04 Å². The minimum atomic E-state index is -0.423. The third-order valence-corrected chi connectivity index (χ3v) is 6.75. The molecule has 1 aromatic heterocycles. The topological polar surface area (TPSA) is 51.5 Å². The fraction of sp³-hybridized carbons (Fsp3) is 0.360. The van der Waals surface area contributed by atoms with Gasteiger partial charge < -0.3 is 9.30 Å². The van der Waals surface area contributed by atoms with Gasteiger partial charge in [0.25, 0.3) is 11.8 Å². The maximum Gasteiger partial charge on any atom is 0.262 e. The maximum atomic E-state index is 13.2. The van der Waals surface area contributed by atoms with Crippen molar-refractivity contribution in [1.82, 2.24) is 9.47 Å². The fourth-order valence-electron chi connectivity index (χ4n) is 5.14. The van der Waals surface area contributed by atoms with E-state index >= 15 is 0 Å². The van der Waals surface area contributed by atoms with Crippen LogP contribution in [0.15, 0.2) is 42.5 Å². The van der Waals surface area contributed by atoms with Crippen molar-refractivity contribution in [2.45, 2.75) is 51.8 Å². The van der Waals surface area contributed by atoms with Gasteiger partial charge in [0.05, 0.1) is 22.7 Å². The number of imide groups is 1. The van der Waals surface area contributed by atoms with Crippen LogP contribution in [0.4, 0.5) is 0 Å². The Morgan fingerprint density at radius 2 is 1.81 bits per heavy atom. The summed E-state index contributed by atoms with van der Waals surface area (Å²) >= 11 is 6.39. The Bertz CT molecular complexity index is 1160.